The maximum Gasteiger partial charge on any atom is 0.401 e. The Morgan fingerprint density at radius 1 is 1.30 bits per heavy atom. The number of rotatable bonds is 5. The quantitative estimate of drug-likeness (QED) is 0.757. The lowest BCUT2D eigenvalue weighted by Gasteiger charge is -2.10. The summed E-state index contributed by atoms with van der Waals surface area (Å²) in [7, 11) is 0. The van der Waals surface area contributed by atoms with Crippen molar-refractivity contribution in [3.8, 4) is 0 Å². The Labute approximate surface area is 120 Å². The highest BCUT2D eigenvalue weighted by Gasteiger charge is 2.26. The zero-order chi connectivity index (χ0) is 15.3. The van der Waals surface area contributed by atoms with Gasteiger partial charge in [-0.15, -0.1) is 0 Å². The number of carbonyl (C=O) groups excluding carboxylic acids is 1. The molecule has 1 aromatic rings. The van der Waals surface area contributed by atoms with Gasteiger partial charge in [-0.05, 0) is 34.1 Å². The second-order valence-corrected chi connectivity index (χ2v) is 4.62. The SMILES string of the molecule is O=C(CNCC(F)(F)F)Nc1cc(C(=O)O)ccc1Br. The molecule has 0 aliphatic rings. The third-order valence-electron chi connectivity index (χ3n) is 2.10. The number of aromatic carboxylic acids is 1. The maximum atomic E-state index is 11.9. The molecule has 0 saturated heterocycles. The van der Waals surface area contributed by atoms with Crippen molar-refractivity contribution in [2.75, 3.05) is 18.4 Å². The largest absolute Gasteiger partial charge is 0.478 e. The normalized spacial score (nSPS) is 11.2. The van der Waals surface area contributed by atoms with E-state index in [2.05, 4.69) is 21.2 Å². The van der Waals surface area contributed by atoms with E-state index in [0.29, 0.717) is 4.47 Å². The van der Waals surface area contributed by atoms with Gasteiger partial charge in [0.15, 0.2) is 0 Å². The number of carboxylic acid groups (broad SMARTS) is 1. The number of amides is 1. The van der Waals surface area contributed by atoms with Gasteiger partial charge in [0.25, 0.3) is 0 Å². The predicted molar refractivity (Wildman–Crippen MR) is 68.7 cm³/mol. The Morgan fingerprint density at radius 3 is 2.50 bits per heavy atom. The lowest BCUT2D eigenvalue weighted by atomic mass is 10.2. The van der Waals surface area contributed by atoms with Gasteiger partial charge in [-0.2, -0.15) is 13.2 Å². The van der Waals surface area contributed by atoms with Crippen molar-refractivity contribution in [2.45, 2.75) is 6.18 Å². The van der Waals surface area contributed by atoms with Crippen LogP contribution in [0.25, 0.3) is 0 Å². The van der Waals surface area contributed by atoms with Crippen LogP contribution < -0.4 is 10.6 Å². The van der Waals surface area contributed by atoms with Gasteiger partial charge in [-0.1, -0.05) is 0 Å². The molecule has 0 aromatic heterocycles. The minimum atomic E-state index is -4.40. The highest BCUT2D eigenvalue weighted by Crippen LogP contribution is 2.23. The number of alkyl halides is 3. The molecule has 0 spiro atoms. The average Bonchev–Trinajstić information content (AvgIpc) is 2.30. The van der Waals surface area contributed by atoms with Crippen LogP contribution in [0.2, 0.25) is 0 Å². The number of carboxylic acids is 1. The molecule has 1 rings (SSSR count). The van der Waals surface area contributed by atoms with Crippen molar-refractivity contribution in [3.63, 3.8) is 0 Å². The van der Waals surface area contributed by atoms with Crippen molar-refractivity contribution in [1.29, 1.82) is 0 Å². The molecule has 110 valence electrons. The lowest BCUT2D eigenvalue weighted by molar-refractivity contribution is -0.127. The summed E-state index contributed by atoms with van der Waals surface area (Å²) in [6, 6.07) is 3.94. The van der Waals surface area contributed by atoms with E-state index >= 15 is 0 Å². The van der Waals surface area contributed by atoms with Crippen molar-refractivity contribution in [3.05, 3.63) is 28.2 Å². The smallest absolute Gasteiger partial charge is 0.401 e. The zero-order valence-electron chi connectivity index (χ0n) is 9.92. The Kier molecular flexibility index (Phi) is 5.52. The molecule has 5 nitrogen and oxygen atoms in total. The number of anilines is 1. The molecule has 0 radical (unpaired) electrons. The van der Waals surface area contributed by atoms with E-state index in [1.165, 1.54) is 18.2 Å². The second-order valence-electron chi connectivity index (χ2n) is 3.77. The van der Waals surface area contributed by atoms with Crippen molar-refractivity contribution in [1.82, 2.24) is 5.32 Å². The molecule has 0 heterocycles. The van der Waals surface area contributed by atoms with E-state index in [1.54, 1.807) is 0 Å². The van der Waals surface area contributed by atoms with Gasteiger partial charge in [0.2, 0.25) is 5.91 Å². The average molecular weight is 355 g/mol. The van der Waals surface area contributed by atoms with Gasteiger partial charge >= 0.3 is 12.1 Å². The van der Waals surface area contributed by atoms with Crippen LogP contribution >= 0.6 is 15.9 Å². The molecule has 0 aliphatic carbocycles. The topological polar surface area (TPSA) is 78.4 Å². The van der Waals surface area contributed by atoms with Gasteiger partial charge in [-0.3, -0.25) is 4.79 Å². The Bertz CT molecular complexity index is 520. The fraction of sp³-hybridized carbons (Fsp3) is 0.273. The lowest BCUT2D eigenvalue weighted by Crippen LogP contribution is -2.35. The molecular weight excluding hydrogens is 345 g/mol. The summed E-state index contributed by atoms with van der Waals surface area (Å²) in [6.45, 7) is -1.82. The fourth-order valence-electron chi connectivity index (χ4n) is 1.27. The summed E-state index contributed by atoms with van der Waals surface area (Å²) in [5.74, 6) is -1.89. The van der Waals surface area contributed by atoms with Gasteiger partial charge < -0.3 is 15.7 Å². The molecule has 0 unspecified atom stereocenters. The molecule has 1 amide bonds. The highest BCUT2D eigenvalue weighted by molar-refractivity contribution is 9.10. The first kappa shape index (κ1) is 16.4. The molecule has 20 heavy (non-hydrogen) atoms. The summed E-state index contributed by atoms with van der Waals surface area (Å²) in [4.78, 5) is 22.2. The van der Waals surface area contributed by atoms with Gasteiger partial charge in [-0.25, -0.2) is 4.79 Å². The van der Waals surface area contributed by atoms with Crippen molar-refractivity contribution >= 4 is 33.5 Å². The van der Waals surface area contributed by atoms with E-state index in [1.807, 2.05) is 5.32 Å². The van der Waals surface area contributed by atoms with Crippen LogP contribution in [-0.4, -0.2) is 36.2 Å². The summed E-state index contributed by atoms with van der Waals surface area (Å²) >= 11 is 3.10. The molecule has 0 bridgehead atoms. The van der Waals surface area contributed by atoms with E-state index in [4.69, 9.17) is 5.11 Å². The minimum Gasteiger partial charge on any atom is -0.478 e. The minimum absolute atomic E-state index is 0.0493. The number of hydrogen-bond donors (Lipinski definition) is 3. The van der Waals surface area contributed by atoms with E-state index in [-0.39, 0.29) is 11.3 Å². The Balaban J connectivity index is 2.62. The first-order valence-electron chi connectivity index (χ1n) is 5.29. The zero-order valence-corrected chi connectivity index (χ0v) is 11.5. The first-order chi connectivity index (χ1) is 9.19. The third kappa shape index (κ3) is 5.57. The standard InChI is InChI=1S/C11H10BrF3N2O3/c12-7-2-1-6(10(19)20)3-8(7)17-9(18)4-16-5-11(13,14)15/h1-3,16H,4-5H2,(H,17,18)(H,19,20). The highest BCUT2D eigenvalue weighted by atomic mass is 79.9. The maximum absolute atomic E-state index is 11.9. The summed E-state index contributed by atoms with van der Waals surface area (Å²) in [6.07, 6.45) is -4.40. The molecular formula is C11H10BrF3N2O3. The summed E-state index contributed by atoms with van der Waals surface area (Å²) < 4.78 is 36.0. The van der Waals surface area contributed by atoms with E-state index < -0.39 is 31.1 Å². The van der Waals surface area contributed by atoms with Crippen LogP contribution in [0.5, 0.6) is 0 Å². The van der Waals surface area contributed by atoms with Crippen LogP contribution in [0.4, 0.5) is 18.9 Å². The van der Waals surface area contributed by atoms with Crippen LogP contribution in [-0.2, 0) is 4.79 Å². The number of benzene rings is 1. The summed E-state index contributed by atoms with van der Waals surface area (Å²) in [5, 5.41) is 13.0. The molecule has 0 atom stereocenters. The third-order valence-corrected chi connectivity index (χ3v) is 2.79. The van der Waals surface area contributed by atoms with Crippen LogP contribution in [0.1, 0.15) is 10.4 Å². The first-order valence-corrected chi connectivity index (χ1v) is 6.08. The monoisotopic (exact) mass is 354 g/mol. The number of halogens is 4. The number of hydrogen-bond acceptors (Lipinski definition) is 3. The fourth-order valence-corrected chi connectivity index (χ4v) is 1.61. The van der Waals surface area contributed by atoms with Gasteiger partial charge in [0.1, 0.15) is 0 Å². The second kappa shape index (κ2) is 6.71. The van der Waals surface area contributed by atoms with E-state index in [0.717, 1.165) is 0 Å². The predicted octanol–water partition coefficient (Wildman–Crippen LogP) is 2.24. The van der Waals surface area contributed by atoms with Crippen LogP contribution in [0, 0.1) is 0 Å². The molecule has 0 fully saturated rings. The number of nitrogens with one attached hydrogen (secondary N) is 2. The summed E-state index contributed by atoms with van der Waals surface area (Å²) in [5.41, 5.74) is 0.121. The van der Waals surface area contributed by atoms with Crippen LogP contribution in [0.15, 0.2) is 22.7 Å². The Morgan fingerprint density at radius 2 is 1.95 bits per heavy atom. The molecule has 9 heteroatoms. The van der Waals surface area contributed by atoms with Crippen molar-refractivity contribution in [2.24, 2.45) is 0 Å². The Hall–Kier alpha value is -1.61. The molecule has 3 N–H and O–H groups in total. The number of carbonyl (C=O) groups is 2. The molecule has 0 aliphatic heterocycles. The van der Waals surface area contributed by atoms with E-state index in [9.17, 15) is 22.8 Å². The van der Waals surface area contributed by atoms with Crippen molar-refractivity contribution < 1.29 is 27.9 Å². The van der Waals surface area contributed by atoms with Gasteiger partial charge in [0, 0.05) is 4.47 Å². The van der Waals surface area contributed by atoms with Gasteiger partial charge in [0.05, 0.1) is 24.3 Å². The molecule has 1 aromatic carbocycles. The van der Waals surface area contributed by atoms with Crippen LogP contribution in [0.3, 0.4) is 0 Å². The molecule has 0 saturated carbocycles.